The summed E-state index contributed by atoms with van der Waals surface area (Å²) >= 11 is 5.73. The molecule has 92 valence electrons. The van der Waals surface area contributed by atoms with Crippen LogP contribution in [0.3, 0.4) is 0 Å². The molecular weight excluding hydrogens is 249 g/mol. The lowest BCUT2D eigenvalue weighted by Crippen LogP contribution is -2.53. The van der Waals surface area contributed by atoms with Crippen LogP contribution in [-0.4, -0.2) is 30.8 Å². The zero-order valence-electron chi connectivity index (χ0n) is 8.87. The first-order valence-corrected chi connectivity index (χ1v) is 5.41. The van der Waals surface area contributed by atoms with Crippen LogP contribution >= 0.6 is 11.6 Å². The summed E-state index contributed by atoms with van der Waals surface area (Å²) in [7, 11) is 0. The number of rotatable bonds is 4. The van der Waals surface area contributed by atoms with Crippen molar-refractivity contribution in [3.8, 4) is 0 Å². The molecule has 4 nitrogen and oxygen atoms in total. The molecule has 6 heteroatoms. The molecular formula is C11H11ClFNO3. The second-order valence-corrected chi connectivity index (χ2v) is 4.49. The quantitative estimate of drug-likeness (QED) is 0.868. The van der Waals surface area contributed by atoms with Crippen molar-refractivity contribution in [2.75, 3.05) is 25.1 Å². The van der Waals surface area contributed by atoms with Crippen LogP contribution in [0.2, 0.25) is 5.02 Å². The molecule has 0 bridgehead atoms. The van der Waals surface area contributed by atoms with Gasteiger partial charge in [0, 0.05) is 11.6 Å². The van der Waals surface area contributed by atoms with Gasteiger partial charge in [0.15, 0.2) is 0 Å². The van der Waals surface area contributed by atoms with Gasteiger partial charge >= 0.3 is 5.97 Å². The summed E-state index contributed by atoms with van der Waals surface area (Å²) in [5.41, 5.74) is -0.764. The second-order valence-electron chi connectivity index (χ2n) is 4.06. The highest BCUT2D eigenvalue weighted by Crippen LogP contribution is 2.29. The molecule has 1 heterocycles. The number of carboxylic acid groups (broad SMARTS) is 1. The average Bonchev–Trinajstić information content (AvgIpc) is 2.21. The summed E-state index contributed by atoms with van der Waals surface area (Å²) in [5.74, 6) is -1.41. The Morgan fingerprint density at radius 3 is 2.82 bits per heavy atom. The smallest absolute Gasteiger partial charge is 0.316 e. The van der Waals surface area contributed by atoms with E-state index in [0.29, 0.717) is 5.02 Å². The third kappa shape index (κ3) is 2.35. The number of hydrogen-bond acceptors (Lipinski definition) is 3. The first-order valence-electron chi connectivity index (χ1n) is 5.04. The molecule has 2 rings (SSSR count). The average molecular weight is 260 g/mol. The molecule has 1 saturated heterocycles. The van der Waals surface area contributed by atoms with Crippen LogP contribution in [0.4, 0.5) is 10.1 Å². The number of nitrogens with one attached hydrogen (secondary N) is 1. The molecule has 2 N–H and O–H groups in total. The van der Waals surface area contributed by atoms with Crippen LogP contribution in [0, 0.1) is 11.2 Å². The summed E-state index contributed by atoms with van der Waals surface area (Å²) in [6, 6.07) is 4.09. The van der Waals surface area contributed by atoms with Crippen molar-refractivity contribution in [1.29, 1.82) is 0 Å². The van der Waals surface area contributed by atoms with Gasteiger partial charge in [0.25, 0.3) is 0 Å². The highest BCUT2D eigenvalue weighted by Gasteiger charge is 2.46. The van der Waals surface area contributed by atoms with Crippen LogP contribution in [0.1, 0.15) is 0 Å². The lowest BCUT2D eigenvalue weighted by molar-refractivity contribution is -0.176. The van der Waals surface area contributed by atoms with Gasteiger partial charge in [-0.15, -0.1) is 0 Å². The zero-order chi connectivity index (χ0) is 12.5. The number of halogens is 2. The number of aliphatic carboxylic acids is 1. The van der Waals surface area contributed by atoms with Crippen LogP contribution in [0.15, 0.2) is 18.2 Å². The molecule has 1 aromatic carbocycles. The van der Waals surface area contributed by atoms with E-state index >= 15 is 0 Å². The lowest BCUT2D eigenvalue weighted by Gasteiger charge is -2.37. The third-order valence-corrected chi connectivity index (χ3v) is 2.99. The minimum atomic E-state index is -0.964. The summed E-state index contributed by atoms with van der Waals surface area (Å²) < 4.78 is 18.3. The highest BCUT2D eigenvalue weighted by molar-refractivity contribution is 6.30. The molecule has 0 spiro atoms. The molecule has 0 saturated carbocycles. The summed E-state index contributed by atoms with van der Waals surface area (Å²) in [6.07, 6.45) is 0. The van der Waals surface area contributed by atoms with Crippen LogP contribution in [0.5, 0.6) is 0 Å². The largest absolute Gasteiger partial charge is 0.481 e. The molecule has 1 aliphatic rings. The van der Waals surface area contributed by atoms with Crippen molar-refractivity contribution in [1.82, 2.24) is 0 Å². The monoisotopic (exact) mass is 259 g/mol. The van der Waals surface area contributed by atoms with E-state index in [1.54, 1.807) is 0 Å². The molecule has 0 aromatic heterocycles. The van der Waals surface area contributed by atoms with Crippen molar-refractivity contribution in [2.45, 2.75) is 0 Å². The maximum Gasteiger partial charge on any atom is 0.316 e. The fourth-order valence-electron chi connectivity index (χ4n) is 1.55. The van der Waals surface area contributed by atoms with E-state index in [9.17, 15) is 9.18 Å². The number of carbonyl (C=O) groups is 1. The van der Waals surface area contributed by atoms with E-state index in [1.807, 2.05) is 0 Å². The number of anilines is 1. The molecule has 1 fully saturated rings. The van der Waals surface area contributed by atoms with Crippen LogP contribution < -0.4 is 5.32 Å². The Hall–Kier alpha value is -1.33. The Morgan fingerprint density at radius 1 is 1.59 bits per heavy atom. The lowest BCUT2D eigenvalue weighted by atomic mass is 9.86. The maximum atomic E-state index is 13.4. The Labute approximate surface area is 102 Å². The van der Waals surface area contributed by atoms with E-state index in [0.717, 1.165) is 0 Å². The summed E-state index contributed by atoms with van der Waals surface area (Å²) in [6.45, 7) is 0.384. The fraction of sp³-hybridized carbons (Fsp3) is 0.364. The third-order valence-electron chi connectivity index (χ3n) is 2.76. The molecule has 0 aliphatic carbocycles. The Kier molecular flexibility index (Phi) is 3.22. The van der Waals surface area contributed by atoms with Gasteiger partial charge in [0.1, 0.15) is 11.2 Å². The van der Waals surface area contributed by atoms with E-state index in [2.05, 4.69) is 5.32 Å². The van der Waals surface area contributed by atoms with Gasteiger partial charge in [-0.1, -0.05) is 11.6 Å². The molecule has 1 aromatic rings. The van der Waals surface area contributed by atoms with Gasteiger partial charge in [-0.25, -0.2) is 4.39 Å². The SMILES string of the molecule is O=C(O)C1(CNc2cc(Cl)ccc2F)COC1. The Balaban J connectivity index is 2.07. The standard InChI is InChI=1S/C11H11ClFNO3/c12-7-1-2-8(13)9(3-7)14-4-11(10(15)16)5-17-6-11/h1-3,14H,4-6H2,(H,15,16). The van der Waals surface area contributed by atoms with E-state index in [1.165, 1.54) is 18.2 Å². The Morgan fingerprint density at radius 2 is 2.29 bits per heavy atom. The number of benzene rings is 1. The van der Waals surface area contributed by atoms with Crippen molar-refractivity contribution >= 4 is 23.3 Å². The minimum absolute atomic E-state index is 0.111. The fourth-order valence-corrected chi connectivity index (χ4v) is 1.72. The van der Waals surface area contributed by atoms with Crippen molar-refractivity contribution in [3.05, 3.63) is 29.0 Å². The first kappa shape index (κ1) is 12.1. The predicted octanol–water partition coefficient (Wildman–Crippen LogP) is 1.99. The van der Waals surface area contributed by atoms with Crippen molar-refractivity contribution < 1.29 is 19.0 Å². The minimum Gasteiger partial charge on any atom is -0.481 e. The van der Waals surface area contributed by atoms with E-state index in [4.69, 9.17) is 21.4 Å². The van der Waals surface area contributed by atoms with Gasteiger partial charge in [0.2, 0.25) is 0 Å². The summed E-state index contributed by atoms with van der Waals surface area (Å²) in [5, 5.41) is 12.2. The van der Waals surface area contributed by atoms with E-state index < -0.39 is 17.2 Å². The van der Waals surface area contributed by atoms with Crippen molar-refractivity contribution in [2.24, 2.45) is 5.41 Å². The molecule has 17 heavy (non-hydrogen) atoms. The number of hydrogen-bond donors (Lipinski definition) is 2. The van der Waals surface area contributed by atoms with Gasteiger partial charge in [-0.2, -0.15) is 0 Å². The molecule has 1 aliphatic heterocycles. The number of carboxylic acids is 1. The first-order chi connectivity index (χ1) is 8.03. The topological polar surface area (TPSA) is 58.6 Å². The normalized spacial score (nSPS) is 17.3. The van der Waals surface area contributed by atoms with Gasteiger partial charge in [0.05, 0.1) is 18.9 Å². The molecule has 0 radical (unpaired) electrons. The van der Waals surface area contributed by atoms with Crippen LogP contribution in [-0.2, 0) is 9.53 Å². The summed E-state index contributed by atoms with van der Waals surface area (Å²) in [4.78, 5) is 11.0. The predicted molar refractivity (Wildman–Crippen MR) is 60.8 cm³/mol. The van der Waals surface area contributed by atoms with Crippen molar-refractivity contribution in [3.63, 3.8) is 0 Å². The molecule has 0 atom stereocenters. The van der Waals surface area contributed by atoms with Gasteiger partial charge in [-0.3, -0.25) is 4.79 Å². The molecule has 0 unspecified atom stereocenters. The second kappa shape index (κ2) is 4.50. The molecule has 0 amide bonds. The van der Waals surface area contributed by atoms with Gasteiger partial charge < -0.3 is 15.2 Å². The van der Waals surface area contributed by atoms with Gasteiger partial charge in [-0.05, 0) is 18.2 Å². The van der Waals surface area contributed by atoms with Crippen LogP contribution in [0.25, 0.3) is 0 Å². The number of ether oxygens (including phenoxy) is 1. The Bertz CT molecular complexity index is 448. The highest BCUT2D eigenvalue weighted by atomic mass is 35.5. The van der Waals surface area contributed by atoms with E-state index in [-0.39, 0.29) is 25.4 Å². The zero-order valence-corrected chi connectivity index (χ0v) is 9.63. The maximum absolute atomic E-state index is 13.4.